The first-order valence-corrected chi connectivity index (χ1v) is 33.1. The van der Waals surface area contributed by atoms with Crippen molar-refractivity contribution >= 4 is 17.9 Å². The van der Waals surface area contributed by atoms with Gasteiger partial charge in [0.1, 0.15) is 13.2 Å². The van der Waals surface area contributed by atoms with Crippen molar-refractivity contribution in [2.75, 3.05) is 13.2 Å². The van der Waals surface area contributed by atoms with Crippen LogP contribution < -0.4 is 0 Å². The summed E-state index contributed by atoms with van der Waals surface area (Å²) in [5.74, 6) is -0.967. The fourth-order valence-corrected chi connectivity index (χ4v) is 8.58. The Morgan fingerprint density at radius 3 is 0.768 bits per heavy atom. The van der Waals surface area contributed by atoms with E-state index in [9.17, 15) is 14.4 Å². The second-order valence-corrected chi connectivity index (χ2v) is 21.3. The van der Waals surface area contributed by atoms with Crippen LogP contribution in [0.15, 0.2) is 170 Å². The molecule has 0 radical (unpaired) electrons. The van der Waals surface area contributed by atoms with Crippen LogP contribution in [0.1, 0.15) is 271 Å². The first-order chi connectivity index (χ1) is 40.5. The Hall–Kier alpha value is -5.23. The molecule has 0 bridgehead atoms. The molecule has 0 aliphatic rings. The molecule has 82 heavy (non-hydrogen) atoms. The molecule has 0 aliphatic heterocycles. The monoisotopic (exact) mass is 1130 g/mol. The van der Waals surface area contributed by atoms with Crippen LogP contribution in [0.2, 0.25) is 0 Å². The van der Waals surface area contributed by atoms with Crippen LogP contribution in [-0.4, -0.2) is 37.2 Å². The van der Waals surface area contributed by atoms with Gasteiger partial charge in [0.2, 0.25) is 0 Å². The van der Waals surface area contributed by atoms with Gasteiger partial charge in [-0.3, -0.25) is 14.4 Å². The lowest BCUT2D eigenvalue weighted by Gasteiger charge is -2.18. The molecular weight excluding hydrogens is 1010 g/mol. The van der Waals surface area contributed by atoms with E-state index >= 15 is 0 Å². The molecule has 0 aliphatic carbocycles. The maximum atomic E-state index is 12.9. The molecule has 1 atom stereocenters. The summed E-state index contributed by atoms with van der Waals surface area (Å²) >= 11 is 0. The van der Waals surface area contributed by atoms with Gasteiger partial charge in [-0.25, -0.2) is 0 Å². The molecule has 0 N–H and O–H groups in total. The zero-order valence-electron chi connectivity index (χ0n) is 52.7. The van der Waals surface area contributed by atoms with E-state index in [0.717, 1.165) is 154 Å². The van der Waals surface area contributed by atoms with Gasteiger partial charge in [-0.1, -0.05) is 287 Å². The molecule has 0 amide bonds. The third-order valence-corrected chi connectivity index (χ3v) is 13.5. The standard InChI is InChI=1S/C76H120O6/c1-4-7-10-13-16-19-22-25-27-29-31-33-35-37-38-40-41-43-45-47-49-51-54-57-60-63-66-69-75(78)81-72-73(71-80-74(77)68-65-62-59-56-53-24-21-18-15-12-9-6-3)82-76(79)70-67-64-61-58-55-52-50-48-46-44-42-39-36-34-32-30-28-26-23-20-17-14-11-8-5-2/h7-8,10-11,16-17,19-20,25-28,31-34,37-39,41-43,46-49,54,57,73H,4-6,9,12-15,18,21-24,29-30,35-36,40,44-45,50-53,55-56,58-72H2,1-3H3/b10-7-,11-8-,19-16-,20-17-,27-25-,28-26-,33-31-,34-32-,38-37-,42-39-,43-41-,48-46-,49-47-,57-54-. The molecule has 0 heterocycles. The smallest absolute Gasteiger partial charge is 0.306 e. The zero-order chi connectivity index (χ0) is 59.2. The van der Waals surface area contributed by atoms with Gasteiger partial charge >= 0.3 is 17.9 Å². The Morgan fingerprint density at radius 2 is 0.476 bits per heavy atom. The topological polar surface area (TPSA) is 78.9 Å². The molecule has 6 heteroatoms. The largest absolute Gasteiger partial charge is 0.462 e. The van der Waals surface area contributed by atoms with E-state index in [1.807, 2.05) is 0 Å². The Morgan fingerprint density at radius 1 is 0.256 bits per heavy atom. The van der Waals surface area contributed by atoms with Crippen LogP contribution in [-0.2, 0) is 28.6 Å². The van der Waals surface area contributed by atoms with Gasteiger partial charge in [0.15, 0.2) is 6.10 Å². The molecule has 0 spiro atoms. The second kappa shape index (κ2) is 68.3. The van der Waals surface area contributed by atoms with Crippen molar-refractivity contribution < 1.29 is 28.6 Å². The summed E-state index contributed by atoms with van der Waals surface area (Å²) in [7, 11) is 0. The van der Waals surface area contributed by atoms with Crippen molar-refractivity contribution in [3.8, 4) is 0 Å². The van der Waals surface area contributed by atoms with E-state index in [2.05, 4.69) is 191 Å². The number of unbranched alkanes of at least 4 members (excludes halogenated alkanes) is 19. The van der Waals surface area contributed by atoms with E-state index in [1.54, 1.807) is 0 Å². The van der Waals surface area contributed by atoms with Crippen LogP contribution >= 0.6 is 0 Å². The maximum Gasteiger partial charge on any atom is 0.306 e. The summed E-state index contributed by atoms with van der Waals surface area (Å²) in [5.41, 5.74) is 0. The minimum atomic E-state index is -0.813. The Kier molecular flexibility index (Phi) is 63.9. The molecule has 0 saturated carbocycles. The molecule has 6 nitrogen and oxygen atoms in total. The number of carbonyl (C=O) groups is 3. The third kappa shape index (κ3) is 65.6. The highest BCUT2D eigenvalue weighted by Gasteiger charge is 2.19. The van der Waals surface area contributed by atoms with Crippen LogP contribution in [0.4, 0.5) is 0 Å². The number of ether oxygens (including phenoxy) is 3. The average molecular weight is 1130 g/mol. The molecule has 0 fully saturated rings. The number of rotatable bonds is 58. The summed E-state index contributed by atoms with van der Waals surface area (Å²) in [6, 6.07) is 0. The van der Waals surface area contributed by atoms with E-state index < -0.39 is 6.10 Å². The van der Waals surface area contributed by atoms with Gasteiger partial charge in [-0.2, -0.15) is 0 Å². The summed E-state index contributed by atoms with van der Waals surface area (Å²) in [6.45, 7) is 6.36. The van der Waals surface area contributed by atoms with E-state index in [0.29, 0.717) is 25.7 Å². The molecule has 0 aromatic carbocycles. The van der Waals surface area contributed by atoms with Gasteiger partial charge < -0.3 is 14.2 Å². The summed E-state index contributed by atoms with van der Waals surface area (Å²) in [6.07, 6.45) is 101. The van der Waals surface area contributed by atoms with Crippen molar-refractivity contribution in [3.63, 3.8) is 0 Å². The highest BCUT2D eigenvalue weighted by molar-refractivity contribution is 5.71. The van der Waals surface area contributed by atoms with Gasteiger partial charge in [0, 0.05) is 19.3 Å². The molecule has 1 unspecified atom stereocenters. The van der Waals surface area contributed by atoms with E-state index in [1.165, 1.54) is 70.6 Å². The fourth-order valence-electron chi connectivity index (χ4n) is 8.58. The molecule has 460 valence electrons. The first kappa shape index (κ1) is 76.8. The molecular formula is C76H120O6. The van der Waals surface area contributed by atoms with Gasteiger partial charge in [0.25, 0.3) is 0 Å². The quantitative estimate of drug-likeness (QED) is 0.0261. The van der Waals surface area contributed by atoms with E-state index in [4.69, 9.17) is 14.2 Å². The lowest BCUT2D eigenvalue weighted by molar-refractivity contribution is -0.167. The lowest BCUT2D eigenvalue weighted by Crippen LogP contribution is -2.30. The molecule has 0 saturated heterocycles. The highest BCUT2D eigenvalue weighted by atomic mass is 16.6. The van der Waals surface area contributed by atoms with Crippen molar-refractivity contribution in [1.82, 2.24) is 0 Å². The SMILES string of the molecule is CC/C=C\C/C=C\C/C=C\C/C=C\C/C=C\C/C=C\C/C=C\C/C=C\CCCCC(=O)OCC(COC(=O)CCCCCCCCCCCCCC)OC(=O)CCCCCCCC/C=C\C/C=C\C/C=C\C/C=C\C/C=C\C/C=C\CC. The Balaban J connectivity index is 4.46. The highest BCUT2D eigenvalue weighted by Crippen LogP contribution is 2.15. The van der Waals surface area contributed by atoms with Crippen LogP contribution in [0.5, 0.6) is 0 Å². The average Bonchev–Trinajstić information content (AvgIpc) is 3.47. The Labute approximate surface area is 504 Å². The Bertz CT molecular complexity index is 1870. The molecule has 0 rings (SSSR count). The van der Waals surface area contributed by atoms with Crippen molar-refractivity contribution in [1.29, 1.82) is 0 Å². The van der Waals surface area contributed by atoms with Crippen LogP contribution in [0, 0.1) is 0 Å². The van der Waals surface area contributed by atoms with E-state index in [-0.39, 0.29) is 31.1 Å². The van der Waals surface area contributed by atoms with Crippen molar-refractivity contribution in [3.05, 3.63) is 170 Å². The number of allylic oxidation sites excluding steroid dienone is 28. The number of hydrogen-bond donors (Lipinski definition) is 0. The zero-order valence-corrected chi connectivity index (χ0v) is 52.7. The summed E-state index contributed by atoms with van der Waals surface area (Å²) in [4.78, 5) is 38.3. The van der Waals surface area contributed by atoms with Crippen molar-refractivity contribution in [2.45, 2.75) is 277 Å². The second-order valence-electron chi connectivity index (χ2n) is 21.3. The predicted molar refractivity (Wildman–Crippen MR) is 357 cm³/mol. The molecule has 0 aromatic rings. The first-order valence-electron chi connectivity index (χ1n) is 33.1. The maximum absolute atomic E-state index is 12.9. The molecule has 0 aromatic heterocycles. The van der Waals surface area contributed by atoms with Crippen LogP contribution in [0.3, 0.4) is 0 Å². The number of esters is 3. The van der Waals surface area contributed by atoms with Gasteiger partial charge in [-0.05, 0) is 135 Å². The van der Waals surface area contributed by atoms with Gasteiger partial charge in [0.05, 0.1) is 0 Å². The minimum absolute atomic E-state index is 0.104. The fraction of sp³-hybridized carbons (Fsp3) is 0.592. The minimum Gasteiger partial charge on any atom is -0.462 e. The van der Waals surface area contributed by atoms with Crippen molar-refractivity contribution in [2.24, 2.45) is 0 Å². The number of hydrogen-bond acceptors (Lipinski definition) is 6. The van der Waals surface area contributed by atoms with Gasteiger partial charge in [-0.15, -0.1) is 0 Å². The van der Waals surface area contributed by atoms with Crippen LogP contribution in [0.25, 0.3) is 0 Å². The predicted octanol–water partition coefficient (Wildman–Crippen LogP) is 23.0. The third-order valence-electron chi connectivity index (χ3n) is 13.5. The number of carbonyl (C=O) groups excluding carboxylic acids is 3. The summed E-state index contributed by atoms with van der Waals surface area (Å²) in [5, 5.41) is 0. The summed E-state index contributed by atoms with van der Waals surface area (Å²) < 4.78 is 16.9. The normalized spacial score (nSPS) is 13.3. The lowest BCUT2D eigenvalue weighted by atomic mass is 10.0.